The minimum atomic E-state index is -0.495. The first-order chi connectivity index (χ1) is 10.1. The first-order valence-corrected chi connectivity index (χ1v) is 6.99. The monoisotopic (exact) mass is 296 g/mol. The number of nitrogen functional groups attached to an aromatic ring is 1. The van der Waals surface area contributed by atoms with Crippen molar-refractivity contribution >= 4 is 17.3 Å². The van der Waals surface area contributed by atoms with Gasteiger partial charge in [-0.05, 0) is 18.2 Å². The van der Waals surface area contributed by atoms with E-state index in [-0.39, 0.29) is 24.7 Å². The van der Waals surface area contributed by atoms with Crippen molar-refractivity contribution in [2.45, 2.75) is 0 Å². The van der Waals surface area contributed by atoms with Gasteiger partial charge in [-0.25, -0.2) is 4.39 Å². The Morgan fingerprint density at radius 2 is 1.95 bits per heavy atom. The smallest absolute Gasteiger partial charge is 0.238 e. The van der Waals surface area contributed by atoms with E-state index in [1.807, 2.05) is 4.90 Å². The van der Waals surface area contributed by atoms with Crippen molar-refractivity contribution in [1.82, 2.24) is 9.80 Å². The Morgan fingerprint density at radius 1 is 1.29 bits per heavy atom. The first-order valence-electron chi connectivity index (χ1n) is 6.99. The summed E-state index contributed by atoms with van der Waals surface area (Å²) in [5.74, 6) is -0.750. The molecule has 6 nitrogen and oxygen atoms in total. The third kappa shape index (κ3) is 4.66. The molecule has 0 bridgehead atoms. The second-order valence-corrected chi connectivity index (χ2v) is 5.13. The summed E-state index contributed by atoms with van der Waals surface area (Å²) in [7, 11) is 0. The number of hydrogen-bond donors (Lipinski definition) is 3. The van der Waals surface area contributed by atoms with Crippen molar-refractivity contribution in [2.75, 3.05) is 56.9 Å². The highest BCUT2D eigenvalue weighted by molar-refractivity contribution is 5.92. The van der Waals surface area contributed by atoms with E-state index in [0.717, 1.165) is 26.2 Å². The van der Waals surface area contributed by atoms with Gasteiger partial charge in [-0.3, -0.25) is 14.6 Å². The molecule has 0 unspecified atom stereocenters. The van der Waals surface area contributed by atoms with Crippen molar-refractivity contribution in [3.8, 4) is 0 Å². The predicted molar refractivity (Wildman–Crippen MR) is 79.4 cm³/mol. The summed E-state index contributed by atoms with van der Waals surface area (Å²) < 4.78 is 13.5. The summed E-state index contributed by atoms with van der Waals surface area (Å²) >= 11 is 0. The maximum absolute atomic E-state index is 13.5. The van der Waals surface area contributed by atoms with E-state index in [0.29, 0.717) is 12.2 Å². The van der Waals surface area contributed by atoms with Crippen LogP contribution in [0.5, 0.6) is 0 Å². The highest BCUT2D eigenvalue weighted by Crippen LogP contribution is 2.17. The zero-order valence-electron chi connectivity index (χ0n) is 11.9. The second-order valence-electron chi connectivity index (χ2n) is 5.13. The average molecular weight is 296 g/mol. The number of aliphatic hydroxyl groups excluding tert-OH is 1. The molecule has 1 aromatic carbocycles. The molecule has 0 aliphatic carbocycles. The van der Waals surface area contributed by atoms with Crippen LogP contribution in [0.15, 0.2) is 18.2 Å². The van der Waals surface area contributed by atoms with Gasteiger partial charge in [0.1, 0.15) is 5.82 Å². The fourth-order valence-corrected chi connectivity index (χ4v) is 2.34. The van der Waals surface area contributed by atoms with Crippen molar-refractivity contribution in [3.63, 3.8) is 0 Å². The number of hydrogen-bond acceptors (Lipinski definition) is 5. The van der Waals surface area contributed by atoms with Gasteiger partial charge in [-0.2, -0.15) is 0 Å². The van der Waals surface area contributed by atoms with Crippen LogP contribution in [0.25, 0.3) is 0 Å². The number of benzene rings is 1. The Kier molecular flexibility index (Phi) is 5.49. The Bertz CT molecular complexity index is 490. The zero-order valence-corrected chi connectivity index (χ0v) is 11.9. The Hall–Kier alpha value is -1.70. The van der Waals surface area contributed by atoms with E-state index in [4.69, 9.17) is 10.8 Å². The molecule has 0 saturated carbocycles. The molecule has 1 heterocycles. The van der Waals surface area contributed by atoms with Crippen molar-refractivity contribution in [1.29, 1.82) is 0 Å². The van der Waals surface area contributed by atoms with E-state index in [9.17, 15) is 9.18 Å². The maximum Gasteiger partial charge on any atom is 0.238 e. The Labute approximate surface area is 123 Å². The summed E-state index contributed by atoms with van der Waals surface area (Å²) in [5.41, 5.74) is 6.09. The molecular weight excluding hydrogens is 275 g/mol. The van der Waals surface area contributed by atoms with Gasteiger partial charge in [-0.1, -0.05) is 0 Å². The molecule has 116 valence electrons. The molecule has 21 heavy (non-hydrogen) atoms. The third-order valence-electron chi connectivity index (χ3n) is 3.51. The third-order valence-corrected chi connectivity index (χ3v) is 3.51. The molecular formula is C14H21FN4O2. The molecule has 1 amide bonds. The topological polar surface area (TPSA) is 81.8 Å². The number of carbonyl (C=O) groups excluding carboxylic acids is 1. The minimum absolute atomic E-state index is 0.110. The molecule has 1 saturated heterocycles. The molecule has 1 aliphatic heterocycles. The number of nitrogens with one attached hydrogen (secondary N) is 1. The number of carbonyl (C=O) groups is 1. The van der Waals surface area contributed by atoms with Gasteiger partial charge in [0.15, 0.2) is 0 Å². The molecule has 1 aliphatic rings. The lowest BCUT2D eigenvalue weighted by Crippen LogP contribution is -2.49. The van der Waals surface area contributed by atoms with Crippen LogP contribution in [0.4, 0.5) is 15.8 Å². The molecule has 1 fully saturated rings. The highest BCUT2D eigenvalue weighted by Gasteiger charge is 2.19. The fraction of sp³-hybridized carbons (Fsp3) is 0.500. The molecule has 4 N–H and O–H groups in total. The number of anilines is 2. The Morgan fingerprint density at radius 3 is 2.62 bits per heavy atom. The number of aliphatic hydroxyl groups is 1. The number of amides is 1. The fourth-order valence-electron chi connectivity index (χ4n) is 2.34. The predicted octanol–water partition coefficient (Wildman–Crippen LogP) is -0.0437. The lowest BCUT2D eigenvalue weighted by Gasteiger charge is -2.33. The molecule has 0 radical (unpaired) electrons. The lowest BCUT2D eigenvalue weighted by molar-refractivity contribution is -0.117. The van der Waals surface area contributed by atoms with Gasteiger partial charge in [0.25, 0.3) is 0 Å². The molecule has 2 rings (SSSR count). The molecule has 0 aromatic heterocycles. The van der Waals surface area contributed by atoms with E-state index in [2.05, 4.69) is 10.2 Å². The van der Waals surface area contributed by atoms with Crippen LogP contribution < -0.4 is 11.1 Å². The van der Waals surface area contributed by atoms with Gasteiger partial charge in [0, 0.05) is 38.4 Å². The van der Waals surface area contributed by atoms with E-state index >= 15 is 0 Å². The quantitative estimate of drug-likeness (QED) is 0.664. The van der Waals surface area contributed by atoms with Crippen molar-refractivity contribution in [3.05, 3.63) is 24.0 Å². The van der Waals surface area contributed by atoms with E-state index in [1.54, 1.807) is 0 Å². The zero-order chi connectivity index (χ0) is 15.2. The summed E-state index contributed by atoms with van der Waals surface area (Å²) in [6.07, 6.45) is 0. The largest absolute Gasteiger partial charge is 0.399 e. The van der Waals surface area contributed by atoms with Gasteiger partial charge in [0.05, 0.1) is 18.8 Å². The molecule has 0 spiro atoms. The van der Waals surface area contributed by atoms with Crippen LogP contribution in [0.3, 0.4) is 0 Å². The standard InChI is InChI=1S/C14H21FN4O2/c15-12-2-1-11(16)9-13(12)17-14(21)10-19-5-3-18(4-6-19)7-8-20/h1-2,9,20H,3-8,10,16H2,(H,17,21). The number of piperazine rings is 1. The molecule has 1 aromatic rings. The van der Waals surface area contributed by atoms with E-state index < -0.39 is 5.82 Å². The van der Waals surface area contributed by atoms with Crippen molar-refractivity contribution < 1.29 is 14.3 Å². The van der Waals surface area contributed by atoms with Crippen LogP contribution >= 0.6 is 0 Å². The second kappa shape index (κ2) is 7.35. The first kappa shape index (κ1) is 15.7. The normalized spacial score (nSPS) is 16.9. The maximum atomic E-state index is 13.5. The van der Waals surface area contributed by atoms with Crippen LogP contribution in [-0.2, 0) is 4.79 Å². The van der Waals surface area contributed by atoms with Crippen molar-refractivity contribution in [2.24, 2.45) is 0 Å². The van der Waals surface area contributed by atoms with Gasteiger partial charge in [0.2, 0.25) is 5.91 Å². The number of halogens is 1. The summed E-state index contributed by atoms with van der Waals surface area (Å²) in [4.78, 5) is 16.1. The summed E-state index contributed by atoms with van der Waals surface area (Å²) in [6, 6.07) is 4.09. The highest BCUT2D eigenvalue weighted by atomic mass is 19.1. The average Bonchev–Trinajstić information content (AvgIpc) is 2.45. The van der Waals surface area contributed by atoms with Crippen LogP contribution in [0.2, 0.25) is 0 Å². The SMILES string of the molecule is Nc1ccc(F)c(NC(=O)CN2CCN(CCO)CC2)c1. The number of nitrogens with zero attached hydrogens (tertiary/aromatic N) is 2. The minimum Gasteiger partial charge on any atom is -0.399 e. The number of nitrogens with two attached hydrogens (primary N) is 1. The summed E-state index contributed by atoms with van der Waals surface area (Å²) in [6.45, 7) is 4.19. The van der Waals surface area contributed by atoms with Crippen LogP contribution in [0.1, 0.15) is 0 Å². The number of β-amino-alcohol motifs (C(OH)–C–C–N with tert-alkyl or cyclic N) is 1. The van der Waals surface area contributed by atoms with Crippen LogP contribution in [0, 0.1) is 5.82 Å². The van der Waals surface area contributed by atoms with Gasteiger partial charge < -0.3 is 16.2 Å². The molecule has 0 atom stereocenters. The summed E-state index contributed by atoms with van der Waals surface area (Å²) in [5, 5.41) is 11.4. The van der Waals surface area contributed by atoms with Gasteiger partial charge in [-0.15, -0.1) is 0 Å². The Balaban J connectivity index is 1.81. The lowest BCUT2D eigenvalue weighted by atomic mass is 10.2. The van der Waals surface area contributed by atoms with Crippen LogP contribution in [-0.4, -0.2) is 66.7 Å². The molecule has 7 heteroatoms. The number of rotatable bonds is 5. The van der Waals surface area contributed by atoms with Gasteiger partial charge >= 0.3 is 0 Å². The van der Waals surface area contributed by atoms with E-state index in [1.165, 1.54) is 18.2 Å².